The van der Waals surface area contributed by atoms with E-state index in [-0.39, 0.29) is 0 Å². The van der Waals surface area contributed by atoms with Crippen molar-refractivity contribution in [1.29, 1.82) is 0 Å². The van der Waals surface area contributed by atoms with Crippen molar-refractivity contribution in [3.05, 3.63) is 0 Å². The summed E-state index contributed by atoms with van der Waals surface area (Å²) in [5.41, 5.74) is 1.25. The van der Waals surface area contributed by atoms with Gasteiger partial charge in [-0.05, 0) is 43.1 Å². The Kier molecular flexibility index (Phi) is 1.76. The molecule has 0 bridgehead atoms. The van der Waals surface area contributed by atoms with Crippen LogP contribution in [0.15, 0.2) is 0 Å². The zero-order valence-electron chi connectivity index (χ0n) is 8.61. The van der Waals surface area contributed by atoms with E-state index in [1.54, 1.807) is 0 Å². The van der Waals surface area contributed by atoms with Crippen LogP contribution in [0.3, 0.4) is 0 Å². The van der Waals surface area contributed by atoms with Gasteiger partial charge < -0.3 is 5.32 Å². The van der Waals surface area contributed by atoms with Gasteiger partial charge in [-0.3, -0.25) is 0 Å². The fourth-order valence-corrected chi connectivity index (χ4v) is 2.36. The minimum absolute atomic E-state index is 0.454. The van der Waals surface area contributed by atoms with Crippen LogP contribution in [0.25, 0.3) is 0 Å². The van der Waals surface area contributed by atoms with E-state index >= 15 is 0 Å². The first-order valence-corrected chi connectivity index (χ1v) is 5.25. The quantitative estimate of drug-likeness (QED) is 0.584. The van der Waals surface area contributed by atoms with E-state index in [9.17, 15) is 0 Å². The SMILES string of the molecule is CC(C)(C)C1CC2(CCN1)CC2. The Balaban J connectivity index is 1.99. The van der Waals surface area contributed by atoms with Crippen LogP contribution in [0.5, 0.6) is 0 Å². The average molecular weight is 167 g/mol. The molecule has 1 saturated heterocycles. The summed E-state index contributed by atoms with van der Waals surface area (Å²) in [5, 5.41) is 3.65. The fourth-order valence-electron chi connectivity index (χ4n) is 2.36. The Morgan fingerprint density at radius 3 is 2.33 bits per heavy atom. The maximum atomic E-state index is 3.65. The molecule has 0 radical (unpaired) electrons. The van der Waals surface area contributed by atoms with Crippen LogP contribution in [0.2, 0.25) is 0 Å². The van der Waals surface area contributed by atoms with Gasteiger partial charge in [-0.1, -0.05) is 20.8 Å². The molecule has 0 aromatic heterocycles. The molecule has 1 saturated carbocycles. The van der Waals surface area contributed by atoms with Crippen LogP contribution in [0, 0.1) is 10.8 Å². The summed E-state index contributed by atoms with van der Waals surface area (Å²) in [5.74, 6) is 0. The molecule has 2 aliphatic rings. The molecule has 1 N–H and O–H groups in total. The number of hydrogen-bond acceptors (Lipinski definition) is 1. The summed E-state index contributed by atoms with van der Waals surface area (Å²) in [7, 11) is 0. The molecule has 1 aliphatic carbocycles. The third-order valence-electron chi connectivity index (χ3n) is 3.69. The second-order valence-corrected chi connectivity index (χ2v) is 5.83. The van der Waals surface area contributed by atoms with Crippen LogP contribution >= 0.6 is 0 Å². The first-order valence-electron chi connectivity index (χ1n) is 5.25. The lowest BCUT2D eigenvalue weighted by molar-refractivity contribution is 0.173. The molecule has 70 valence electrons. The highest BCUT2D eigenvalue weighted by Crippen LogP contribution is 2.55. The molecule has 1 heterocycles. The first kappa shape index (κ1) is 8.55. The molecular weight excluding hydrogens is 146 g/mol. The Hall–Kier alpha value is -0.0400. The van der Waals surface area contributed by atoms with E-state index in [0.717, 1.165) is 11.5 Å². The Labute approximate surface area is 75.9 Å². The van der Waals surface area contributed by atoms with E-state index in [4.69, 9.17) is 0 Å². The minimum Gasteiger partial charge on any atom is -0.313 e. The normalized spacial score (nSPS) is 33.8. The number of rotatable bonds is 0. The van der Waals surface area contributed by atoms with Gasteiger partial charge >= 0.3 is 0 Å². The summed E-state index contributed by atoms with van der Waals surface area (Å²) >= 11 is 0. The molecule has 1 heteroatoms. The van der Waals surface area contributed by atoms with Gasteiger partial charge in [0, 0.05) is 6.04 Å². The van der Waals surface area contributed by atoms with Crippen LogP contribution in [0.1, 0.15) is 46.5 Å². The molecule has 2 fully saturated rings. The molecule has 1 aliphatic heterocycles. The predicted octanol–water partition coefficient (Wildman–Crippen LogP) is 2.56. The topological polar surface area (TPSA) is 12.0 Å². The molecule has 1 spiro atoms. The average Bonchev–Trinajstić information content (AvgIpc) is 2.68. The van der Waals surface area contributed by atoms with Gasteiger partial charge in [0.05, 0.1) is 0 Å². The van der Waals surface area contributed by atoms with E-state index in [0.29, 0.717) is 5.41 Å². The first-order chi connectivity index (χ1) is 5.52. The second-order valence-electron chi connectivity index (χ2n) is 5.83. The Morgan fingerprint density at radius 2 is 1.83 bits per heavy atom. The third-order valence-corrected chi connectivity index (χ3v) is 3.69. The van der Waals surface area contributed by atoms with Gasteiger partial charge in [0.15, 0.2) is 0 Å². The monoisotopic (exact) mass is 167 g/mol. The number of piperidine rings is 1. The zero-order valence-corrected chi connectivity index (χ0v) is 8.61. The predicted molar refractivity (Wildman–Crippen MR) is 52.1 cm³/mol. The van der Waals surface area contributed by atoms with E-state index in [1.807, 2.05) is 0 Å². The van der Waals surface area contributed by atoms with Gasteiger partial charge in [-0.2, -0.15) is 0 Å². The lowest BCUT2D eigenvalue weighted by Crippen LogP contribution is -2.46. The number of nitrogens with one attached hydrogen (secondary N) is 1. The van der Waals surface area contributed by atoms with Crippen molar-refractivity contribution >= 4 is 0 Å². The molecule has 1 nitrogen and oxygen atoms in total. The highest BCUT2D eigenvalue weighted by molar-refractivity contribution is 5.01. The van der Waals surface area contributed by atoms with Crippen molar-refractivity contribution < 1.29 is 0 Å². The zero-order chi connectivity index (χ0) is 8.82. The second kappa shape index (κ2) is 2.47. The lowest BCUT2D eigenvalue weighted by Gasteiger charge is -2.39. The van der Waals surface area contributed by atoms with Gasteiger partial charge in [0.1, 0.15) is 0 Å². The third kappa shape index (κ3) is 1.52. The van der Waals surface area contributed by atoms with Crippen molar-refractivity contribution in [2.75, 3.05) is 6.54 Å². The molecule has 2 rings (SSSR count). The summed E-state index contributed by atoms with van der Waals surface area (Å²) in [6, 6.07) is 0.758. The van der Waals surface area contributed by atoms with Crippen molar-refractivity contribution in [3.63, 3.8) is 0 Å². The van der Waals surface area contributed by atoms with Gasteiger partial charge in [-0.15, -0.1) is 0 Å². The molecule has 0 aromatic rings. The Bertz CT molecular complexity index is 174. The molecular formula is C11H21N. The smallest absolute Gasteiger partial charge is 0.0121 e. The van der Waals surface area contributed by atoms with Gasteiger partial charge in [-0.25, -0.2) is 0 Å². The Morgan fingerprint density at radius 1 is 1.17 bits per heavy atom. The lowest BCUT2D eigenvalue weighted by atomic mass is 9.77. The maximum absolute atomic E-state index is 3.65. The van der Waals surface area contributed by atoms with Crippen molar-refractivity contribution in [2.45, 2.75) is 52.5 Å². The van der Waals surface area contributed by atoms with Crippen LogP contribution < -0.4 is 5.32 Å². The standard InChI is InChI=1S/C11H21N/c1-10(2,3)9-8-11(4-5-11)6-7-12-9/h9,12H,4-8H2,1-3H3. The largest absolute Gasteiger partial charge is 0.313 e. The summed E-state index contributed by atoms with van der Waals surface area (Å²) in [4.78, 5) is 0. The van der Waals surface area contributed by atoms with Crippen LogP contribution in [-0.2, 0) is 0 Å². The minimum atomic E-state index is 0.454. The van der Waals surface area contributed by atoms with Crippen LogP contribution in [0.4, 0.5) is 0 Å². The van der Waals surface area contributed by atoms with E-state index < -0.39 is 0 Å². The van der Waals surface area contributed by atoms with Crippen molar-refractivity contribution in [3.8, 4) is 0 Å². The van der Waals surface area contributed by atoms with Gasteiger partial charge in [0.2, 0.25) is 0 Å². The highest BCUT2D eigenvalue weighted by atomic mass is 15.0. The molecule has 1 atom stereocenters. The van der Waals surface area contributed by atoms with Crippen molar-refractivity contribution in [2.24, 2.45) is 10.8 Å². The molecule has 1 unspecified atom stereocenters. The molecule has 0 aromatic carbocycles. The highest BCUT2D eigenvalue weighted by Gasteiger charge is 2.47. The number of hydrogen-bond donors (Lipinski definition) is 1. The molecule has 12 heavy (non-hydrogen) atoms. The van der Waals surface area contributed by atoms with E-state index in [1.165, 1.54) is 32.2 Å². The fraction of sp³-hybridized carbons (Fsp3) is 1.00. The van der Waals surface area contributed by atoms with E-state index in [2.05, 4.69) is 26.1 Å². The maximum Gasteiger partial charge on any atom is 0.0121 e. The van der Waals surface area contributed by atoms with Crippen molar-refractivity contribution in [1.82, 2.24) is 5.32 Å². The summed E-state index contributed by atoms with van der Waals surface area (Å²) < 4.78 is 0. The van der Waals surface area contributed by atoms with Crippen LogP contribution in [-0.4, -0.2) is 12.6 Å². The van der Waals surface area contributed by atoms with Gasteiger partial charge in [0.25, 0.3) is 0 Å². The molecule has 0 amide bonds. The summed E-state index contributed by atoms with van der Waals surface area (Å²) in [6.07, 6.45) is 5.86. The summed E-state index contributed by atoms with van der Waals surface area (Å²) in [6.45, 7) is 8.31.